The average molecular weight is 286 g/mol. The Kier molecular flexibility index (Phi) is 5.35. The van der Waals surface area contributed by atoms with Crippen molar-refractivity contribution in [1.29, 1.82) is 0 Å². The first-order chi connectivity index (χ1) is 9.93. The van der Waals surface area contributed by atoms with E-state index in [-0.39, 0.29) is 8.80 Å². The molecule has 0 unspecified atom stereocenters. The van der Waals surface area contributed by atoms with Crippen molar-refractivity contribution < 1.29 is 0 Å². The molecule has 2 saturated carbocycles. The highest BCUT2D eigenvalue weighted by Crippen LogP contribution is 2.42. The molecule has 0 spiro atoms. The van der Waals surface area contributed by atoms with Crippen molar-refractivity contribution in [3.05, 3.63) is 35.9 Å². The predicted octanol–water partition coefficient (Wildman–Crippen LogP) is 5.93. The molecule has 3 rings (SSSR count). The maximum absolute atomic E-state index is 2.37. The lowest BCUT2D eigenvalue weighted by atomic mass is 9.99. The van der Waals surface area contributed by atoms with E-state index in [0.717, 1.165) is 11.1 Å². The predicted molar refractivity (Wildman–Crippen MR) is 89.6 cm³/mol. The van der Waals surface area contributed by atoms with Gasteiger partial charge in [-0.3, -0.25) is 0 Å². The SMILES string of the molecule is c1ccc(C[Si](C2CCCCC2)C2CCCCC2)cc1. The Morgan fingerprint density at radius 3 is 1.70 bits per heavy atom. The molecule has 109 valence electrons. The molecule has 1 heteroatoms. The van der Waals surface area contributed by atoms with Crippen molar-refractivity contribution in [2.45, 2.75) is 81.3 Å². The van der Waals surface area contributed by atoms with Crippen LogP contribution >= 0.6 is 0 Å². The fraction of sp³-hybridized carbons (Fsp3) is 0.684. The van der Waals surface area contributed by atoms with Gasteiger partial charge in [0.1, 0.15) is 0 Å². The third-order valence-electron chi connectivity index (χ3n) is 5.51. The van der Waals surface area contributed by atoms with E-state index in [9.17, 15) is 0 Å². The van der Waals surface area contributed by atoms with Crippen molar-refractivity contribution in [3.8, 4) is 0 Å². The monoisotopic (exact) mass is 285 g/mol. The van der Waals surface area contributed by atoms with E-state index in [0.29, 0.717) is 0 Å². The van der Waals surface area contributed by atoms with E-state index >= 15 is 0 Å². The zero-order valence-corrected chi connectivity index (χ0v) is 13.8. The molecule has 0 atom stereocenters. The Labute approximate surface area is 126 Å². The first-order valence-electron chi connectivity index (χ1n) is 8.83. The first-order valence-corrected chi connectivity index (χ1v) is 10.7. The van der Waals surface area contributed by atoms with Gasteiger partial charge in [0.15, 0.2) is 0 Å². The number of rotatable bonds is 4. The maximum Gasteiger partial charge on any atom is 0.0591 e. The molecule has 1 aromatic carbocycles. The van der Waals surface area contributed by atoms with Gasteiger partial charge >= 0.3 is 0 Å². The zero-order valence-electron chi connectivity index (χ0n) is 12.8. The summed E-state index contributed by atoms with van der Waals surface area (Å²) in [6, 6.07) is 12.8. The molecule has 0 saturated heterocycles. The molecule has 20 heavy (non-hydrogen) atoms. The lowest BCUT2D eigenvalue weighted by Crippen LogP contribution is -2.32. The topological polar surface area (TPSA) is 0 Å². The Balaban J connectivity index is 1.71. The van der Waals surface area contributed by atoms with Gasteiger partial charge in [0.05, 0.1) is 8.80 Å². The van der Waals surface area contributed by atoms with Crippen molar-refractivity contribution in [3.63, 3.8) is 0 Å². The molecule has 2 aliphatic carbocycles. The van der Waals surface area contributed by atoms with E-state index in [1.165, 1.54) is 44.6 Å². The summed E-state index contributed by atoms with van der Waals surface area (Å²) in [5.74, 6) is 0. The van der Waals surface area contributed by atoms with Crippen molar-refractivity contribution in [1.82, 2.24) is 0 Å². The second-order valence-electron chi connectivity index (χ2n) is 6.91. The molecule has 0 heterocycles. The third-order valence-corrected chi connectivity index (χ3v) is 9.58. The summed E-state index contributed by atoms with van der Waals surface area (Å²) >= 11 is 0. The van der Waals surface area contributed by atoms with Gasteiger partial charge in [-0.1, -0.05) is 100 Å². The van der Waals surface area contributed by atoms with Crippen LogP contribution in [0.4, 0.5) is 0 Å². The van der Waals surface area contributed by atoms with Gasteiger partial charge in [0.25, 0.3) is 0 Å². The number of benzene rings is 1. The van der Waals surface area contributed by atoms with E-state index < -0.39 is 0 Å². The molecule has 0 bridgehead atoms. The van der Waals surface area contributed by atoms with Crippen LogP contribution in [0.15, 0.2) is 30.3 Å². The average Bonchev–Trinajstić information content (AvgIpc) is 2.55. The normalized spacial score (nSPS) is 22.2. The van der Waals surface area contributed by atoms with Crippen LogP contribution in [0.2, 0.25) is 11.1 Å². The Bertz CT molecular complexity index is 356. The highest BCUT2D eigenvalue weighted by atomic mass is 28.3. The van der Waals surface area contributed by atoms with Crippen LogP contribution in [-0.4, -0.2) is 8.80 Å². The second-order valence-corrected chi connectivity index (χ2v) is 10.0. The van der Waals surface area contributed by atoms with E-state index in [1.54, 1.807) is 31.2 Å². The first kappa shape index (κ1) is 14.4. The highest BCUT2D eigenvalue weighted by molar-refractivity contribution is 6.61. The summed E-state index contributed by atoms with van der Waals surface area (Å²) in [5.41, 5.74) is 3.87. The van der Waals surface area contributed by atoms with Gasteiger partial charge in [0, 0.05) is 0 Å². The smallest absolute Gasteiger partial charge is 0.0591 e. The van der Waals surface area contributed by atoms with Crippen LogP contribution in [0.25, 0.3) is 0 Å². The molecule has 0 aliphatic heterocycles. The summed E-state index contributed by atoms with van der Waals surface area (Å²) in [5, 5.41) is 0. The Morgan fingerprint density at radius 1 is 0.700 bits per heavy atom. The maximum atomic E-state index is 2.37. The quantitative estimate of drug-likeness (QED) is 0.601. The van der Waals surface area contributed by atoms with Crippen LogP contribution < -0.4 is 0 Å². The van der Waals surface area contributed by atoms with Crippen molar-refractivity contribution in [2.24, 2.45) is 0 Å². The summed E-state index contributed by atoms with van der Waals surface area (Å²) in [6.45, 7) is 0. The lowest BCUT2D eigenvalue weighted by Gasteiger charge is -2.36. The van der Waals surface area contributed by atoms with Gasteiger partial charge in [-0.2, -0.15) is 0 Å². The van der Waals surface area contributed by atoms with Gasteiger partial charge in [-0.25, -0.2) is 0 Å². The molecule has 2 aliphatic rings. The zero-order chi connectivity index (χ0) is 13.6. The summed E-state index contributed by atoms with van der Waals surface area (Å²) < 4.78 is 0. The number of hydrogen-bond acceptors (Lipinski definition) is 0. The standard InChI is InChI=1S/C19H29Si/c1-4-10-17(11-5-1)16-20(18-12-6-2-7-13-18)19-14-8-3-9-15-19/h1,4-5,10-11,18-19H,2-3,6-9,12-16H2. The summed E-state index contributed by atoms with van der Waals surface area (Å²) in [7, 11) is -0.198. The lowest BCUT2D eigenvalue weighted by molar-refractivity contribution is 0.460. The van der Waals surface area contributed by atoms with Crippen LogP contribution in [0.5, 0.6) is 0 Å². The van der Waals surface area contributed by atoms with Gasteiger partial charge in [0.2, 0.25) is 0 Å². The van der Waals surface area contributed by atoms with Crippen LogP contribution in [0.1, 0.15) is 69.8 Å². The van der Waals surface area contributed by atoms with Gasteiger partial charge < -0.3 is 0 Å². The largest absolute Gasteiger partial charge is 0.0622 e. The molecular formula is C19H29Si. The van der Waals surface area contributed by atoms with Crippen molar-refractivity contribution >= 4 is 8.80 Å². The molecule has 0 nitrogen and oxygen atoms in total. The molecule has 2 fully saturated rings. The van der Waals surface area contributed by atoms with Crippen LogP contribution in [-0.2, 0) is 6.04 Å². The third kappa shape index (κ3) is 3.75. The minimum atomic E-state index is -0.198. The fourth-order valence-electron chi connectivity index (χ4n) is 4.40. The second kappa shape index (κ2) is 7.45. The molecule has 0 amide bonds. The highest BCUT2D eigenvalue weighted by Gasteiger charge is 2.32. The minimum Gasteiger partial charge on any atom is -0.0622 e. The Morgan fingerprint density at radius 2 is 1.20 bits per heavy atom. The number of hydrogen-bond donors (Lipinski definition) is 0. The van der Waals surface area contributed by atoms with Crippen LogP contribution in [0.3, 0.4) is 0 Å². The summed E-state index contributed by atoms with van der Waals surface area (Å²) in [6.07, 6.45) is 15.3. The van der Waals surface area contributed by atoms with E-state index in [2.05, 4.69) is 30.3 Å². The van der Waals surface area contributed by atoms with E-state index in [1.807, 2.05) is 0 Å². The van der Waals surface area contributed by atoms with Gasteiger partial charge in [-0.15, -0.1) is 0 Å². The summed E-state index contributed by atoms with van der Waals surface area (Å²) in [4.78, 5) is 0. The molecule has 1 radical (unpaired) electrons. The molecule has 0 N–H and O–H groups in total. The minimum absolute atomic E-state index is 0.198. The van der Waals surface area contributed by atoms with Crippen molar-refractivity contribution in [2.75, 3.05) is 0 Å². The molecule has 0 aromatic heterocycles. The molecular weight excluding hydrogens is 256 g/mol. The van der Waals surface area contributed by atoms with Crippen LogP contribution in [0, 0.1) is 0 Å². The Hall–Kier alpha value is -0.563. The van der Waals surface area contributed by atoms with Gasteiger partial charge in [-0.05, 0) is 17.1 Å². The molecule has 1 aromatic rings. The fourth-order valence-corrected chi connectivity index (χ4v) is 8.65. The van der Waals surface area contributed by atoms with E-state index in [4.69, 9.17) is 0 Å².